The molecule has 7 heteroatoms. The molecule has 0 fully saturated rings. The van der Waals surface area contributed by atoms with Gasteiger partial charge in [-0.1, -0.05) is 30.3 Å². The van der Waals surface area contributed by atoms with Crippen molar-refractivity contribution in [3.05, 3.63) is 35.9 Å². The van der Waals surface area contributed by atoms with Gasteiger partial charge in [-0.15, -0.1) is 0 Å². The van der Waals surface area contributed by atoms with E-state index < -0.39 is 11.7 Å². The average Bonchev–Trinajstić information content (AvgIpc) is 2.56. The summed E-state index contributed by atoms with van der Waals surface area (Å²) in [6.45, 7) is 8.55. The van der Waals surface area contributed by atoms with Crippen LogP contribution < -0.4 is 16.0 Å². The molecule has 0 bridgehead atoms. The molecular weight excluding hydrogens is 332 g/mol. The number of rotatable bonds is 7. The molecule has 2 atom stereocenters. The van der Waals surface area contributed by atoms with E-state index in [1.165, 1.54) is 0 Å². The highest BCUT2D eigenvalue weighted by atomic mass is 16.6. The molecule has 146 valence electrons. The molecule has 0 radical (unpaired) electrons. The highest BCUT2D eigenvalue weighted by Crippen LogP contribution is 2.14. The third-order valence-electron chi connectivity index (χ3n) is 3.39. The maximum absolute atomic E-state index is 12.2. The minimum absolute atomic E-state index is 0.111. The number of methoxy groups -OCH3 is 1. The van der Waals surface area contributed by atoms with Crippen molar-refractivity contribution in [3.63, 3.8) is 0 Å². The van der Waals surface area contributed by atoms with Crippen LogP contribution in [0.15, 0.2) is 35.3 Å². The minimum Gasteiger partial charge on any atom is -0.444 e. The van der Waals surface area contributed by atoms with Crippen LogP contribution in [-0.2, 0) is 9.47 Å². The Hall–Kier alpha value is -2.28. The molecule has 3 N–H and O–H groups in total. The molecular formula is C19H32N4O3. The number of nitrogens with one attached hydrogen (secondary N) is 3. The molecule has 0 saturated heterocycles. The van der Waals surface area contributed by atoms with Crippen LogP contribution in [0.4, 0.5) is 4.79 Å². The zero-order chi connectivity index (χ0) is 19.6. The molecule has 1 aromatic carbocycles. The third kappa shape index (κ3) is 8.71. The minimum atomic E-state index is -0.550. The lowest BCUT2D eigenvalue weighted by Gasteiger charge is -2.25. The fourth-order valence-corrected chi connectivity index (χ4v) is 2.31. The van der Waals surface area contributed by atoms with E-state index >= 15 is 0 Å². The van der Waals surface area contributed by atoms with Crippen LogP contribution in [0.3, 0.4) is 0 Å². The number of aliphatic imine (C=N–C) groups is 1. The third-order valence-corrected chi connectivity index (χ3v) is 3.39. The average molecular weight is 364 g/mol. The van der Waals surface area contributed by atoms with E-state index in [1.54, 1.807) is 14.2 Å². The molecule has 26 heavy (non-hydrogen) atoms. The monoisotopic (exact) mass is 364 g/mol. The van der Waals surface area contributed by atoms with Gasteiger partial charge in [-0.2, -0.15) is 0 Å². The van der Waals surface area contributed by atoms with Crippen molar-refractivity contribution in [1.82, 2.24) is 16.0 Å². The lowest BCUT2D eigenvalue weighted by Crippen LogP contribution is -2.47. The second-order valence-electron chi connectivity index (χ2n) is 7.06. The molecule has 1 aromatic rings. The first-order valence-electron chi connectivity index (χ1n) is 8.75. The van der Waals surface area contributed by atoms with Crippen LogP contribution >= 0.6 is 0 Å². The maximum atomic E-state index is 12.2. The molecule has 0 aliphatic heterocycles. The van der Waals surface area contributed by atoms with Crippen molar-refractivity contribution in [1.29, 1.82) is 0 Å². The van der Waals surface area contributed by atoms with Gasteiger partial charge in [0.05, 0.1) is 12.6 Å². The molecule has 1 rings (SSSR count). The summed E-state index contributed by atoms with van der Waals surface area (Å²) >= 11 is 0. The van der Waals surface area contributed by atoms with Gasteiger partial charge >= 0.3 is 6.09 Å². The van der Waals surface area contributed by atoms with Gasteiger partial charge < -0.3 is 25.4 Å². The topological polar surface area (TPSA) is 84.0 Å². The molecule has 0 saturated carbocycles. The lowest BCUT2D eigenvalue weighted by atomic mass is 10.1. The van der Waals surface area contributed by atoms with E-state index in [1.807, 2.05) is 58.0 Å². The Bertz CT molecular complexity index is 570. The number of carbonyl (C=O) groups is 1. The van der Waals surface area contributed by atoms with Gasteiger partial charge in [0.1, 0.15) is 5.60 Å². The predicted octanol–water partition coefficient (Wildman–Crippen LogP) is 2.45. The van der Waals surface area contributed by atoms with E-state index in [-0.39, 0.29) is 12.1 Å². The molecule has 0 aromatic heterocycles. The normalized spacial score (nSPS) is 14.3. The van der Waals surface area contributed by atoms with E-state index in [0.717, 1.165) is 5.56 Å². The zero-order valence-electron chi connectivity index (χ0n) is 16.6. The Morgan fingerprint density at radius 2 is 1.85 bits per heavy atom. The number of benzene rings is 1. The smallest absolute Gasteiger partial charge is 0.408 e. The molecule has 0 spiro atoms. The van der Waals surface area contributed by atoms with Crippen molar-refractivity contribution in [3.8, 4) is 0 Å². The molecule has 0 heterocycles. The number of hydrogen-bond donors (Lipinski definition) is 3. The van der Waals surface area contributed by atoms with Crippen LogP contribution in [0.1, 0.15) is 39.3 Å². The second-order valence-corrected chi connectivity index (χ2v) is 7.06. The van der Waals surface area contributed by atoms with Crippen molar-refractivity contribution in [2.75, 3.05) is 27.3 Å². The number of carbonyl (C=O) groups excluding carboxylic acids is 1. The fraction of sp³-hybridized carbons (Fsp3) is 0.579. The summed E-state index contributed by atoms with van der Waals surface area (Å²) in [5, 5.41) is 9.39. The van der Waals surface area contributed by atoms with Crippen LogP contribution in [0.25, 0.3) is 0 Å². The predicted molar refractivity (Wildman–Crippen MR) is 104 cm³/mol. The van der Waals surface area contributed by atoms with Crippen LogP contribution in [-0.4, -0.2) is 51.0 Å². The van der Waals surface area contributed by atoms with Crippen LogP contribution in [0.2, 0.25) is 0 Å². The largest absolute Gasteiger partial charge is 0.444 e. The summed E-state index contributed by atoms with van der Waals surface area (Å²) in [6, 6.07) is 9.59. The summed E-state index contributed by atoms with van der Waals surface area (Å²) in [5.74, 6) is 0.640. The molecule has 7 nitrogen and oxygen atoms in total. The fourth-order valence-electron chi connectivity index (χ4n) is 2.31. The van der Waals surface area contributed by atoms with E-state index in [9.17, 15) is 4.79 Å². The summed E-state index contributed by atoms with van der Waals surface area (Å²) in [7, 11) is 3.36. The zero-order valence-corrected chi connectivity index (χ0v) is 16.6. The SMILES string of the molecule is CN=C(NCC(NC(=O)OC(C)(C)C)c1ccccc1)NC(C)COC. The van der Waals surface area contributed by atoms with Crippen molar-refractivity contribution in [2.45, 2.75) is 45.4 Å². The van der Waals surface area contributed by atoms with Gasteiger partial charge in [0.2, 0.25) is 0 Å². The summed E-state index contributed by atoms with van der Waals surface area (Å²) < 4.78 is 10.5. The number of alkyl carbamates (subject to hydrolysis) is 1. The Balaban J connectivity index is 2.75. The summed E-state index contributed by atoms with van der Waals surface area (Å²) in [5.41, 5.74) is 0.428. The number of nitrogens with zero attached hydrogens (tertiary/aromatic N) is 1. The molecule has 1 amide bonds. The highest BCUT2D eigenvalue weighted by molar-refractivity contribution is 5.80. The molecule has 0 aliphatic rings. The number of guanidine groups is 1. The van der Waals surface area contributed by atoms with Gasteiger partial charge in [0.15, 0.2) is 5.96 Å². The highest BCUT2D eigenvalue weighted by Gasteiger charge is 2.21. The first-order valence-corrected chi connectivity index (χ1v) is 8.75. The van der Waals surface area contributed by atoms with Crippen LogP contribution in [0.5, 0.6) is 0 Å². The van der Waals surface area contributed by atoms with Gasteiger partial charge in [-0.3, -0.25) is 4.99 Å². The Labute approximate surface area is 156 Å². The number of hydrogen-bond acceptors (Lipinski definition) is 4. The Morgan fingerprint density at radius 3 is 2.38 bits per heavy atom. The first kappa shape index (κ1) is 21.8. The first-order chi connectivity index (χ1) is 12.2. The standard InChI is InChI=1S/C19H32N4O3/c1-14(13-25-6)22-17(20-5)21-12-16(15-10-8-7-9-11-15)23-18(24)26-19(2,3)4/h7-11,14,16H,12-13H2,1-6H3,(H,23,24)(H2,20,21,22). The maximum Gasteiger partial charge on any atom is 0.408 e. The Morgan fingerprint density at radius 1 is 1.19 bits per heavy atom. The van der Waals surface area contributed by atoms with Crippen LogP contribution in [0, 0.1) is 0 Å². The second kappa shape index (κ2) is 10.7. The van der Waals surface area contributed by atoms with Gasteiger partial charge in [0.25, 0.3) is 0 Å². The lowest BCUT2D eigenvalue weighted by molar-refractivity contribution is 0.0504. The van der Waals surface area contributed by atoms with E-state index in [4.69, 9.17) is 9.47 Å². The van der Waals surface area contributed by atoms with E-state index in [0.29, 0.717) is 19.1 Å². The summed E-state index contributed by atoms with van der Waals surface area (Å²) in [6.07, 6.45) is -0.455. The van der Waals surface area contributed by atoms with E-state index in [2.05, 4.69) is 20.9 Å². The number of amides is 1. The summed E-state index contributed by atoms with van der Waals surface area (Å²) in [4.78, 5) is 16.4. The van der Waals surface area contributed by atoms with Crippen molar-refractivity contribution >= 4 is 12.1 Å². The van der Waals surface area contributed by atoms with Gasteiger partial charge in [-0.05, 0) is 33.3 Å². The quantitative estimate of drug-likeness (QED) is 0.511. The molecule has 0 aliphatic carbocycles. The van der Waals surface area contributed by atoms with Gasteiger partial charge in [-0.25, -0.2) is 4.79 Å². The Kier molecular flexibility index (Phi) is 8.92. The van der Waals surface area contributed by atoms with Gasteiger partial charge in [0, 0.05) is 26.7 Å². The van der Waals surface area contributed by atoms with Crippen molar-refractivity contribution in [2.24, 2.45) is 4.99 Å². The number of ether oxygens (including phenoxy) is 2. The molecule has 2 unspecified atom stereocenters. The van der Waals surface area contributed by atoms with Crippen molar-refractivity contribution < 1.29 is 14.3 Å².